The Bertz CT molecular complexity index is 1250. The lowest BCUT2D eigenvalue weighted by atomic mass is 10.1. The molecule has 3 atom stereocenters. The highest BCUT2D eigenvalue weighted by Gasteiger charge is 2.44. The van der Waals surface area contributed by atoms with Crippen LogP contribution in [-0.4, -0.2) is 149 Å². The quantitative estimate of drug-likeness (QED) is 0.159. The molecule has 2 aromatic rings. The Morgan fingerprint density at radius 1 is 0.717 bits per heavy atom. The molecule has 3 rings (SSSR count). The molecule has 0 bridgehead atoms. The number of carboxylic acids is 4. The number of ether oxygens (including phenoxy) is 2. The maximum atomic E-state index is 12.6. The van der Waals surface area contributed by atoms with Gasteiger partial charge in [0.15, 0.2) is 6.54 Å². The minimum atomic E-state index is -1.23. The van der Waals surface area contributed by atoms with Crippen molar-refractivity contribution < 1.29 is 53.6 Å². The molecule has 5 N–H and O–H groups in total. The lowest BCUT2D eigenvalue weighted by molar-refractivity contribution is -0.935. The van der Waals surface area contributed by atoms with Gasteiger partial charge in [0, 0.05) is 39.3 Å². The van der Waals surface area contributed by atoms with Crippen LogP contribution in [0.4, 0.5) is 0 Å². The number of aliphatic carboxylic acids is 4. The van der Waals surface area contributed by atoms with E-state index in [-0.39, 0.29) is 83.3 Å². The van der Waals surface area contributed by atoms with Crippen molar-refractivity contribution in [1.82, 2.24) is 15.1 Å². The summed E-state index contributed by atoms with van der Waals surface area (Å²) in [6.45, 7) is 0.598. The number of nitrogens with zero attached hydrogens (tertiary/aromatic N) is 3. The smallest absolute Gasteiger partial charge is 0.365 e. The monoisotopic (exact) mass is 645 g/mol. The van der Waals surface area contributed by atoms with E-state index in [1.807, 2.05) is 60.7 Å². The molecule has 1 fully saturated rings. The van der Waals surface area contributed by atoms with Crippen LogP contribution >= 0.6 is 0 Å². The van der Waals surface area contributed by atoms with Gasteiger partial charge in [0.25, 0.3) is 0 Å². The van der Waals surface area contributed by atoms with Crippen LogP contribution in [0.25, 0.3) is 0 Å². The van der Waals surface area contributed by atoms with Crippen molar-refractivity contribution in [2.45, 2.75) is 25.3 Å². The number of rotatable bonds is 16. The molecule has 0 radical (unpaired) electrons. The summed E-state index contributed by atoms with van der Waals surface area (Å²) in [6, 6.07) is 16.4. The standard InChI is InChI=1S/C32H44N4O10/c37-29(38)19-34-14-15-35(27(31(41)42)23-45-21-25-7-3-1-4-8-25)13-11-33-12-17-36(18-16-34,20-30(39)40)28(32(43)44)24-46-22-26-9-5-2-6-10-26/h1-10,27-28,33H,11-24H2,(H3-,37,38,39,40,41,42,43,44)/p+1. The van der Waals surface area contributed by atoms with E-state index in [0.29, 0.717) is 6.54 Å². The summed E-state index contributed by atoms with van der Waals surface area (Å²) >= 11 is 0. The molecule has 0 spiro atoms. The van der Waals surface area contributed by atoms with Gasteiger partial charge in [-0.25, -0.2) is 9.59 Å². The molecule has 0 aromatic heterocycles. The van der Waals surface area contributed by atoms with E-state index in [1.165, 1.54) is 0 Å². The molecule has 1 aliphatic rings. The third-order valence-corrected chi connectivity index (χ3v) is 8.13. The van der Waals surface area contributed by atoms with E-state index >= 15 is 0 Å². The topological polar surface area (TPSA) is 186 Å². The van der Waals surface area contributed by atoms with Gasteiger partial charge in [-0.05, 0) is 11.1 Å². The molecule has 2 aromatic carbocycles. The van der Waals surface area contributed by atoms with E-state index in [2.05, 4.69) is 5.32 Å². The molecule has 1 saturated heterocycles. The van der Waals surface area contributed by atoms with Crippen LogP contribution in [0.2, 0.25) is 0 Å². The molecule has 46 heavy (non-hydrogen) atoms. The van der Waals surface area contributed by atoms with Crippen molar-refractivity contribution in [2.24, 2.45) is 0 Å². The Balaban J connectivity index is 1.78. The Morgan fingerprint density at radius 3 is 1.87 bits per heavy atom. The molecule has 14 nitrogen and oxygen atoms in total. The lowest BCUT2D eigenvalue weighted by Crippen LogP contribution is -2.66. The molecular weight excluding hydrogens is 600 g/mol. The molecular formula is C32H45N4O10+. The van der Waals surface area contributed by atoms with Gasteiger partial charge < -0.3 is 35.2 Å². The molecule has 14 heteroatoms. The second-order valence-corrected chi connectivity index (χ2v) is 11.4. The fourth-order valence-corrected chi connectivity index (χ4v) is 5.63. The number of benzene rings is 2. The van der Waals surface area contributed by atoms with Crippen molar-refractivity contribution in [3.05, 3.63) is 71.8 Å². The average molecular weight is 646 g/mol. The second-order valence-electron chi connectivity index (χ2n) is 11.4. The van der Waals surface area contributed by atoms with Crippen LogP contribution in [-0.2, 0) is 41.9 Å². The maximum absolute atomic E-state index is 12.6. The fourth-order valence-electron chi connectivity index (χ4n) is 5.63. The number of quaternary nitrogens is 1. The third-order valence-electron chi connectivity index (χ3n) is 8.13. The van der Waals surface area contributed by atoms with Gasteiger partial charge >= 0.3 is 23.9 Å². The first-order valence-corrected chi connectivity index (χ1v) is 15.2. The first kappa shape index (κ1) is 36.5. The zero-order valence-corrected chi connectivity index (χ0v) is 25.9. The minimum absolute atomic E-state index is 0.0233. The van der Waals surface area contributed by atoms with Crippen LogP contribution in [0.1, 0.15) is 11.1 Å². The Hall–Kier alpha value is -3.92. The normalized spacial score (nSPS) is 20.1. The number of nitrogens with one attached hydrogen (secondary N) is 1. The zero-order valence-electron chi connectivity index (χ0n) is 25.9. The number of hydrogen-bond acceptors (Lipinski definition) is 9. The molecule has 3 unspecified atom stereocenters. The molecule has 1 aliphatic heterocycles. The molecule has 1 heterocycles. The summed E-state index contributed by atoms with van der Waals surface area (Å²) in [6.07, 6.45) is 0. The summed E-state index contributed by atoms with van der Waals surface area (Å²) < 4.78 is 11.2. The Labute approximate surface area is 268 Å². The zero-order chi connectivity index (χ0) is 33.4. The summed E-state index contributed by atoms with van der Waals surface area (Å²) in [5.74, 6) is -4.57. The molecule has 0 aliphatic carbocycles. The lowest BCUT2D eigenvalue weighted by Gasteiger charge is -2.43. The molecule has 0 amide bonds. The van der Waals surface area contributed by atoms with Gasteiger partial charge in [0.2, 0.25) is 6.04 Å². The highest BCUT2D eigenvalue weighted by molar-refractivity contribution is 5.74. The summed E-state index contributed by atoms with van der Waals surface area (Å²) in [7, 11) is 0. The van der Waals surface area contributed by atoms with Gasteiger partial charge in [-0.3, -0.25) is 23.9 Å². The highest BCUT2D eigenvalue weighted by Crippen LogP contribution is 2.18. The van der Waals surface area contributed by atoms with Crippen molar-refractivity contribution in [3.8, 4) is 0 Å². The van der Waals surface area contributed by atoms with Crippen LogP contribution in [0.15, 0.2) is 60.7 Å². The van der Waals surface area contributed by atoms with Gasteiger partial charge in [-0.15, -0.1) is 0 Å². The van der Waals surface area contributed by atoms with Crippen molar-refractivity contribution >= 4 is 23.9 Å². The van der Waals surface area contributed by atoms with E-state index in [1.54, 1.807) is 9.80 Å². The fraction of sp³-hybridized carbons (Fsp3) is 0.500. The van der Waals surface area contributed by atoms with Gasteiger partial charge in [-0.1, -0.05) is 60.7 Å². The van der Waals surface area contributed by atoms with Gasteiger partial charge in [0.1, 0.15) is 12.6 Å². The van der Waals surface area contributed by atoms with E-state index < -0.39 is 42.5 Å². The summed E-state index contributed by atoms with van der Waals surface area (Å²) in [5, 5.41) is 43.1. The Kier molecular flexibility index (Phi) is 15.0. The SMILES string of the molecule is O=C(O)CN1CCN(C(COCc2ccccc2)C(=O)O)CCNCC[N+](CC(=O)O)(C(COCc2ccccc2)C(=O)O)CC1. The van der Waals surface area contributed by atoms with Crippen LogP contribution in [0.3, 0.4) is 0 Å². The number of carboxylic acid groups (broad SMARTS) is 4. The van der Waals surface area contributed by atoms with Crippen molar-refractivity contribution in [1.29, 1.82) is 0 Å². The summed E-state index contributed by atoms with van der Waals surface area (Å²) in [5.41, 5.74) is 1.75. The Morgan fingerprint density at radius 2 is 1.33 bits per heavy atom. The van der Waals surface area contributed by atoms with E-state index in [0.717, 1.165) is 11.1 Å². The van der Waals surface area contributed by atoms with Crippen LogP contribution in [0, 0.1) is 0 Å². The van der Waals surface area contributed by atoms with E-state index in [9.17, 15) is 39.6 Å². The van der Waals surface area contributed by atoms with E-state index in [4.69, 9.17) is 9.47 Å². The van der Waals surface area contributed by atoms with Crippen molar-refractivity contribution in [3.63, 3.8) is 0 Å². The van der Waals surface area contributed by atoms with Crippen LogP contribution < -0.4 is 5.32 Å². The highest BCUT2D eigenvalue weighted by atomic mass is 16.5. The van der Waals surface area contributed by atoms with Crippen LogP contribution in [0.5, 0.6) is 0 Å². The summed E-state index contributed by atoms with van der Waals surface area (Å²) in [4.78, 5) is 52.2. The third kappa shape index (κ3) is 12.1. The molecule has 252 valence electrons. The first-order chi connectivity index (χ1) is 22.1. The largest absolute Gasteiger partial charge is 0.480 e. The molecule has 0 saturated carbocycles. The van der Waals surface area contributed by atoms with Crippen molar-refractivity contribution in [2.75, 3.05) is 78.7 Å². The predicted octanol–water partition coefficient (Wildman–Crippen LogP) is 0.520. The minimum Gasteiger partial charge on any atom is -0.480 e. The second kappa shape index (κ2) is 18.9. The number of carbonyl (C=O) groups is 4. The predicted molar refractivity (Wildman–Crippen MR) is 166 cm³/mol. The first-order valence-electron chi connectivity index (χ1n) is 15.2. The van der Waals surface area contributed by atoms with Gasteiger partial charge in [-0.2, -0.15) is 0 Å². The maximum Gasteiger partial charge on any atom is 0.365 e. The average Bonchev–Trinajstić information content (AvgIpc) is 3.01. The van der Waals surface area contributed by atoms with Gasteiger partial charge in [0.05, 0.1) is 39.5 Å². The number of hydrogen-bond donors (Lipinski definition) is 5.